The van der Waals surface area contributed by atoms with Crippen molar-refractivity contribution < 1.29 is 28.6 Å². The van der Waals surface area contributed by atoms with Crippen molar-refractivity contribution in [2.45, 2.75) is 6.92 Å². The minimum atomic E-state index is -0.747. The maximum absolute atomic E-state index is 12.2. The molecule has 0 bridgehead atoms. The summed E-state index contributed by atoms with van der Waals surface area (Å²) in [5.41, 5.74) is 5.10. The normalized spacial score (nSPS) is 10.1. The summed E-state index contributed by atoms with van der Waals surface area (Å²) in [5.74, 6) is -0.888. The lowest BCUT2D eigenvalue weighted by Gasteiger charge is -2.11. The smallest absolute Gasteiger partial charge is 0.344 e. The van der Waals surface area contributed by atoms with Crippen LogP contribution in [0, 0.1) is 0 Å². The molecular formula is C26H24N2O6. The van der Waals surface area contributed by atoms with Crippen molar-refractivity contribution in [3.8, 4) is 11.5 Å². The summed E-state index contributed by atoms with van der Waals surface area (Å²) in [6.07, 6.45) is 0. The number of carbonyl (C=O) groups is 3. The van der Waals surface area contributed by atoms with E-state index in [0.29, 0.717) is 17.0 Å². The molecule has 0 fully saturated rings. The van der Waals surface area contributed by atoms with Crippen molar-refractivity contribution >= 4 is 23.4 Å². The molecule has 34 heavy (non-hydrogen) atoms. The largest absolute Gasteiger partial charge is 0.493 e. The molecule has 0 radical (unpaired) electrons. The number of nitrogens with zero attached hydrogens (tertiary/aromatic N) is 1. The van der Waals surface area contributed by atoms with E-state index in [9.17, 15) is 14.4 Å². The molecule has 0 aromatic heterocycles. The Morgan fingerprint density at radius 1 is 0.794 bits per heavy atom. The van der Waals surface area contributed by atoms with Crippen LogP contribution in [0.1, 0.15) is 28.4 Å². The molecule has 3 rings (SSSR count). The zero-order chi connectivity index (χ0) is 24.3. The third-order valence-electron chi connectivity index (χ3n) is 4.67. The molecule has 0 saturated heterocycles. The molecule has 0 aliphatic rings. The van der Waals surface area contributed by atoms with Crippen LogP contribution in [0.15, 0.2) is 84.0 Å². The summed E-state index contributed by atoms with van der Waals surface area (Å²) >= 11 is 0. The predicted octanol–water partition coefficient (Wildman–Crippen LogP) is 3.39. The molecule has 0 atom stereocenters. The highest BCUT2D eigenvalue weighted by molar-refractivity contribution is 6.13. The summed E-state index contributed by atoms with van der Waals surface area (Å²) in [6.45, 7) is 0.471. The average molecular weight is 460 g/mol. The van der Waals surface area contributed by atoms with E-state index in [1.54, 1.807) is 6.07 Å². The Hall–Kier alpha value is -4.46. The van der Waals surface area contributed by atoms with Gasteiger partial charge >= 0.3 is 5.97 Å². The van der Waals surface area contributed by atoms with Crippen molar-refractivity contribution in [3.05, 3.63) is 95.6 Å². The molecular weight excluding hydrogens is 436 g/mol. The summed E-state index contributed by atoms with van der Waals surface area (Å²) in [5, 5.41) is 4.23. The van der Waals surface area contributed by atoms with E-state index in [2.05, 4.69) is 10.5 Å². The van der Waals surface area contributed by atoms with Crippen LogP contribution in [-0.2, 0) is 14.3 Å². The number of ketones is 1. The molecule has 174 valence electrons. The number of rotatable bonds is 10. The van der Waals surface area contributed by atoms with Crippen LogP contribution in [0.2, 0.25) is 0 Å². The summed E-state index contributed by atoms with van der Waals surface area (Å²) < 4.78 is 15.6. The second-order valence-electron chi connectivity index (χ2n) is 7.10. The highest BCUT2D eigenvalue weighted by Gasteiger charge is 2.13. The minimum absolute atomic E-state index is 0.124. The number of methoxy groups -OCH3 is 1. The fourth-order valence-electron chi connectivity index (χ4n) is 2.97. The Balaban J connectivity index is 1.55. The molecule has 0 spiro atoms. The van der Waals surface area contributed by atoms with Gasteiger partial charge in [0, 0.05) is 16.7 Å². The highest BCUT2D eigenvalue weighted by atomic mass is 16.6. The average Bonchev–Trinajstić information content (AvgIpc) is 2.87. The number of nitrogens with one attached hydrogen (secondary N) is 1. The van der Waals surface area contributed by atoms with Gasteiger partial charge in [-0.25, -0.2) is 10.2 Å². The Morgan fingerprint density at radius 2 is 1.41 bits per heavy atom. The van der Waals surface area contributed by atoms with Crippen molar-refractivity contribution in [1.82, 2.24) is 5.43 Å². The Kier molecular flexibility index (Phi) is 8.51. The van der Waals surface area contributed by atoms with Crippen molar-refractivity contribution in [2.75, 3.05) is 20.3 Å². The number of Topliss-reactive ketones (excluding diaryl/α,β-unsaturated/α-hetero) is 1. The third-order valence-corrected chi connectivity index (χ3v) is 4.67. The van der Waals surface area contributed by atoms with Crippen molar-refractivity contribution in [2.24, 2.45) is 5.10 Å². The number of benzene rings is 3. The van der Waals surface area contributed by atoms with Gasteiger partial charge in [0.2, 0.25) is 0 Å². The molecule has 0 aliphatic carbocycles. The second-order valence-corrected chi connectivity index (χ2v) is 7.10. The summed E-state index contributed by atoms with van der Waals surface area (Å²) in [4.78, 5) is 35.7. The Morgan fingerprint density at radius 3 is 1.97 bits per heavy atom. The minimum Gasteiger partial charge on any atom is -0.493 e. The van der Waals surface area contributed by atoms with Crippen LogP contribution in [0.5, 0.6) is 11.5 Å². The molecule has 0 unspecified atom stereocenters. The molecule has 0 heterocycles. The fraction of sp³-hybridized carbons (Fsp3) is 0.154. The molecule has 3 aromatic carbocycles. The van der Waals surface area contributed by atoms with E-state index in [1.165, 1.54) is 26.2 Å². The lowest BCUT2D eigenvalue weighted by molar-refractivity contribution is -0.150. The molecule has 8 nitrogen and oxygen atoms in total. The van der Waals surface area contributed by atoms with Gasteiger partial charge < -0.3 is 14.2 Å². The molecule has 1 amide bonds. The maximum Gasteiger partial charge on any atom is 0.344 e. The highest BCUT2D eigenvalue weighted by Crippen LogP contribution is 2.28. The Bertz CT molecular complexity index is 1130. The number of amides is 1. The molecule has 1 N–H and O–H groups in total. The predicted molar refractivity (Wildman–Crippen MR) is 126 cm³/mol. The van der Waals surface area contributed by atoms with Gasteiger partial charge in [0.25, 0.3) is 5.91 Å². The quantitative estimate of drug-likeness (QED) is 0.215. The van der Waals surface area contributed by atoms with E-state index in [4.69, 9.17) is 14.2 Å². The lowest BCUT2D eigenvalue weighted by atomic mass is 10.0. The van der Waals surface area contributed by atoms with Gasteiger partial charge in [-0.3, -0.25) is 9.59 Å². The van der Waals surface area contributed by atoms with Crippen LogP contribution in [0.4, 0.5) is 0 Å². The van der Waals surface area contributed by atoms with Gasteiger partial charge in [0.1, 0.15) is 0 Å². The van der Waals surface area contributed by atoms with Crippen LogP contribution in [-0.4, -0.2) is 43.7 Å². The topological polar surface area (TPSA) is 103 Å². The standard InChI is InChI=1S/C26H24N2O6/c1-18(29)21-13-14-22(23(15-21)32-2)33-17-25(31)34-16-24(30)27-28-26(19-9-5-3-6-10-19)20-11-7-4-8-12-20/h3-15H,16-17H2,1-2H3,(H,27,30). The summed E-state index contributed by atoms with van der Waals surface area (Å²) in [7, 11) is 1.43. The number of hydrazone groups is 1. The molecule has 0 aliphatic heterocycles. The lowest BCUT2D eigenvalue weighted by Crippen LogP contribution is -2.27. The van der Waals surface area contributed by atoms with E-state index >= 15 is 0 Å². The number of hydrogen-bond donors (Lipinski definition) is 1. The van der Waals surface area contributed by atoms with Crippen molar-refractivity contribution in [1.29, 1.82) is 0 Å². The van der Waals surface area contributed by atoms with Gasteiger partial charge in [-0.1, -0.05) is 60.7 Å². The number of carbonyl (C=O) groups excluding carboxylic acids is 3. The zero-order valence-corrected chi connectivity index (χ0v) is 18.8. The third kappa shape index (κ3) is 6.77. The van der Waals surface area contributed by atoms with E-state index in [-0.39, 0.29) is 11.5 Å². The first-order valence-corrected chi connectivity index (χ1v) is 10.4. The van der Waals surface area contributed by atoms with E-state index in [0.717, 1.165) is 11.1 Å². The fourth-order valence-corrected chi connectivity index (χ4v) is 2.97. The molecule has 0 saturated carbocycles. The van der Waals surface area contributed by atoms with Gasteiger partial charge in [0.05, 0.1) is 12.8 Å². The van der Waals surface area contributed by atoms with Gasteiger partial charge in [-0.2, -0.15) is 5.10 Å². The van der Waals surface area contributed by atoms with E-state index in [1.807, 2.05) is 60.7 Å². The maximum atomic E-state index is 12.2. The number of ether oxygens (including phenoxy) is 3. The first-order valence-electron chi connectivity index (χ1n) is 10.4. The first-order chi connectivity index (χ1) is 16.5. The Labute approximate surface area is 197 Å². The summed E-state index contributed by atoms with van der Waals surface area (Å²) in [6, 6.07) is 23.4. The van der Waals surface area contributed by atoms with E-state index < -0.39 is 25.1 Å². The first kappa shape index (κ1) is 24.2. The van der Waals surface area contributed by atoms with Gasteiger partial charge in [-0.05, 0) is 25.1 Å². The van der Waals surface area contributed by atoms with Crippen LogP contribution in [0.25, 0.3) is 0 Å². The number of hydrogen-bond acceptors (Lipinski definition) is 7. The second kappa shape index (κ2) is 12.0. The van der Waals surface area contributed by atoms with Gasteiger partial charge in [-0.15, -0.1) is 0 Å². The zero-order valence-electron chi connectivity index (χ0n) is 18.8. The van der Waals surface area contributed by atoms with Crippen LogP contribution >= 0.6 is 0 Å². The SMILES string of the molecule is COc1cc(C(C)=O)ccc1OCC(=O)OCC(=O)NN=C(c1ccccc1)c1ccccc1. The van der Waals surface area contributed by atoms with Gasteiger partial charge in [0.15, 0.2) is 30.5 Å². The molecule has 8 heteroatoms. The monoisotopic (exact) mass is 460 g/mol. The molecule has 3 aromatic rings. The van der Waals surface area contributed by atoms with Crippen LogP contribution in [0.3, 0.4) is 0 Å². The van der Waals surface area contributed by atoms with Crippen LogP contribution < -0.4 is 14.9 Å². The van der Waals surface area contributed by atoms with Crippen molar-refractivity contribution in [3.63, 3.8) is 0 Å². The number of esters is 1.